The molecule has 1 aliphatic carbocycles. The van der Waals surface area contributed by atoms with Crippen LogP contribution in [0.4, 0.5) is 0 Å². The molecule has 0 bridgehead atoms. The maximum atomic E-state index is 13.0. The number of fused-ring (bicyclic) bond motifs is 1. The highest BCUT2D eigenvalue weighted by Gasteiger charge is 2.34. The van der Waals surface area contributed by atoms with Crippen LogP contribution in [0.25, 0.3) is 0 Å². The fourth-order valence-corrected chi connectivity index (χ4v) is 3.58. The van der Waals surface area contributed by atoms with E-state index in [0.29, 0.717) is 11.9 Å². The minimum atomic E-state index is 0.0766. The summed E-state index contributed by atoms with van der Waals surface area (Å²) in [7, 11) is 0. The second kappa shape index (κ2) is 5.57. The number of amides is 1. The molecular weight excluding hydrogens is 248 g/mol. The average Bonchev–Trinajstić information content (AvgIpc) is 2.49. The summed E-state index contributed by atoms with van der Waals surface area (Å²) in [6, 6.07) is 9.14. The number of rotatable bonds is 1. The summed E-state index contributed by atoms with van der Waals surface area (Å²) in [6.07, 6.45) is 3.25. The van der Waals surface area contributed by atoms with Crippen LogP contribution in [-0.2, 0) is 11.2 Å². The molecule has 20 heavy (non-hydrogen) atoms. The van der Waals surface area contributed by atoms with Crippen LogP contribution in [0.2, 0.25) is 0 Å². The van der Waals surface area contributed by atoms with Gasteiger partial charge in [-0.2, -0.15) is 0 Å². The first-order valence-corrected chi connectivity index (χ1v) is 7.80. The Morgan fingerprint density at radius 1 is 1.30 bits per heavy atom. The fourth-order valence-electron chi connectivity index (χ4n) is 3.58. The number of hydrogen-bond donors (Lipinski definition) is 1. The molecule has 0 saturated carbocycles. The van der Waals surface area contributed by atoms with Crippen LogP contribution in [0.1, 0.15) is 43.7 Å². The molecule has 1 aromatic carbocycles. The van der Waals surface area contributed by atoms with Crippen LogP contribution >= 0.6 is 0 Å². The number of aryl methyl sites for hydroxylation is 1. The van der Waals surface area contributed by atoms with Gasteiger partial charge in [-0.15, -0.1) is 0 Å². The van der Waals surface area contributed by atoms with Gasteiger partial charge in [0.05, 0.1) is 5.92 Å². The summed E-state index contributed by atoms with van der Waals surface area (Å²) in [6.45, 7) is 6.07. The average molecular weight is 272 g/mol. The summed E-state index contributed by atoms with van der Waals surface area (Å²) in [4.78, 5) is 15.1. The summed E-state index contributed by atoms with van der Waals surface area (Å²) in [5.74, 6) is 0.408. The Morgan fingerprint density at radius 3 is 2.95 bits per heavy atom. The molecule has 3 nitrogen and oxygen atoms in total. The summed E-state index contributed by atoms with van der Waals surface area (Å²) in [5, 5.41) is 3.44. The lowest BCUT2D eigenvalue weighted by atomic mass is 9.81. The summed E-state index contributed by atoms with van der Waals surface area (Å²) in [5.41, 5.74) is 2.63. The minimum absolute atomic E-state index is 0.0766. The van der Waals surface area contributed by atoms with E-state index in [9.17, 15) is 4.79 Å². The molecule has 0 radical (unpaired) electrons. The second-order valence-corrected chi connectivity index (χ2v) is 6.16. The van der Waals surface area contributed by atoms with E-state index in [1.807, 2.05) is 0 Å². The van der Waals surface area contributed by atoms with Gasteiger partial charge in [-0.3, -0.25) is 4.79 Å². The third-order valence-corrected chi connectivity index (χ3v) is 4.98. The molecule has 1 saturated heterocycles. The molecule has 3 rings (SSSR count). The van der Waals surface area contributed by atoms with Crippen molar-refractivity contribution in [2.24, 2.45) is 0 Å². The van der Waals surface area contributed by atoms with Gasteiger partial charge in [0, 0.05) is 25.2 Å². The second-order valence-electron chi connectivity index (χ2n) is 6.16. The molecule has 108 valence electrons. The minimum Gasteiger partial charge on any atom is -0.337 e. The highest BCUT2D eigenvalue weighted by molar-refractivity contribution is 5.85. The lowest BCUT2D eigenvalue weighted by molar-refractivity contribution is -0.136. The van der Waals surface area contributed by atoms with Crippen molar-refractivity contribution in [3.63, 3.8) is 0 Å². The number of benzene rings is 1. The molecule has 1 aromatic rings. The van der Waals surface area contributed by atoms with Gasteiger partial charge in [-0.1, -0.05) is 24.3 Å². The predicted molar refractivity (Wildman–Crippen MR) is 80.8 cm³/mol. The van der Waals surface area contributed by atoms with Gasteiger partial charge in [0.2, 0.25) is 5.91 Å². The smallest absolute Gasteiger partial charge is 0.230 e. The fraction of sp³-hybridized carbons (Fsp3) is 0.588. The van der Waals surface area contributed by atoms with Crippen molar-refractivity contribution in [3.8, 4) is 0 Å². The highest BCUT2D eigenvalue weighted by atomic mass is 16.2. The Labute approximate surface area is 121 Å². The first-order valence-electron chi connectivity index (χ1n) is 7.80. The van der Waals surface area contributed by atoms with Gasteiger partial charge in [0.15, 0.2) is 0 Å². The van der Waals surface area contributed by atoms with E-state index in [-0.39, 0.29) is 12.0 Å². The van der Waals surface area contributed by atoms with Crippen molar-refractivity contribution in [1.82, 2.24) is 10.2 Å². The Kier molecular flexibility index (Phi) is 3.79. The van der Waals surface area contributed by atoms with E-state index in [4.69, 9.17) is 0 Å². The topological polar surface area (TPSA) is 32.3 Å². The van der Waals surface area contributed by atoms with E-state index in [2.05, 4.69) is 48.3 Å². The molecule has 3 atom stereocenters. The highest BCUT2D eigenvalue weighted by Crippen LogP contribution is 2.33. The molecule has 0 aromatic heterocycles. The van der Waals surface area contributed by atoms with E-state index in [1.54, 1.807) is 0 Å². The monoisotopic (exact) mass is 272 g/mol. The van der Waals surface area contributed by atoms with E-state index in [0.717, 1.165) is 32.4 Å². The number of nitrogens with one attached hydrogen (secondary N) is 1. The zero-order chi connectivity index (χ0) is 14.1. The normalized spacial score (nSPS) is 29.9. The van der Waals surface area contributed by atoms with E-state index < -0.39 is 0 Å². The maximum Gasteiger partial charge on any atom is 0.230 e. The zero-order valence-corrected chi connectivity index (χ0v) is 12.4. The largest absolute Gasteiger partial charge is 0.337 e. The number of piperazine rings is 1. The lowest BCUT2D eigenvalue weighted by Gasteiger charge is -2.41. The van der Waals surface area contributed by atoms with Gasteiger partial charge in [0.25, 0.3) is 0 Å². The Bertz CT molecular complexity index is 500. The van der Waals surface area contributed by atoms with E-state index >= 15 is 0 Å². The number of hydrogen-bond acceptors (Lipinski definition) is 2. The van der Waals surface area contributed by atoms with Crippen LogP contribution in [0.5, 0.6) is 0 Å². The third-order valence-electron chi connectivity index (χ3n) is 4.98. The van der Waals surface area contributed by atoms with Crippen LogP contribution in [-0.4, -0.2) is 36.0 Å². The molecule has 1 amide bonds. The molecule has 1 fully saturated rings. The zero-order valence-electron chi connectivity index (χ0n) is 12.4. The first-order chi connectivity index (χ1) is 9.68. The van der Waals surface area contributed by atoms with Gasteiger partial charge in [-0.25, -0.2) is 0 Å². The molecule has 1 N–H and O–H groups in total. The molecule has 1 aliphatic heterocycles. The standard InChI is InChI=1S/C17H24N2O/c1-12-13(2)19(11-10-18-12)17(20)16-9-5-7-14-6-3-4-8-15(14)16/h3-4,6,8,12-13,16,18H,5,7,9-11H2,1-2H3. The first kappa shape index (κ1) is 13.6. The summed E-state index contributed by atoms with van der Waals surface area (Å²) >= 11 is 0. The molecule has 2 aliphatic rings. The van der Waals surface area contributed by atoms with Gasteiger partial charge >= 0.3 is 0 Å². The molecule has 0 spiro atoms. The van der Waals surface area contributed by atoms with Crippen molar-refractivity contribution in [2.75, 3.05) is 13.1 Å². The van der Waals surface area contributed by atoms with Crippen molar-refractivity contribution in [1.29, 1.82) is 0 Å². The maximum absolute atomic E-state index is 13.0. The Morgan fingerprint density at radius 2 is 2.10 bits per heavy atom. The van der Waals surface area contributed by atoms with Gasteiger partial charge in [-0.05, 0) is 44.2 Å². The van der Waals surface area contributed by atoms with Gasteiger partial charge < -0.3 is 10.2 Å². The van der Waals surface area contributed by atoms with Crippen LogP contribution in [0.3, 0.4) is 0 Å². The number of nitrogens with zero attached hydrogens (tertiary/aromatic N) is 1. The van der Waals surface area contributed by atoms with Crippen molar-refractivity contribution in [2.45, 2.75) is 51.1 Å². The van der Waals surface area contributed by atoms with Crippen molar-refractivity contribution < 1.29 is 4.79 Å². The van der Waals surface area contributed by atoms with Crippen LogP contribution in [0.15, 0.2) is 24.3 Å². The molecule has 1 heterocycles. The Hall–Kier alpha value is -1.35. The van der Waals surface area contributed by atoms with E-state index in [1.165, 1.54) is 11.1 Å². The number of carbonyl (C=O) groups excluding carboxylic acids is 1. The quantitative estimate of drug-likeness (QED) is 0.851. The lowest BCUT2D eigenvalue weighted by Crippen LogP contribution is -2.58. The molecular formula is C17H24N2O. The third kappa shape index (κ3) is 2.35. The van der Waals surface area contributed by atoms with Gasteiger partial charge in [0.1, 0.15) is 0 Å². The molecule has 3 heteroatoms. The SMILES string of the molecule is CC1NCCN(C(=O)C2CCCc3ccccc32)C1C. The predicted octanol–water partition coefficient (Wildman–Crippen LogP) is 2.32. The number of carbonyl (C=O) groups is 1. The molecule has 3 unspecified atom stereocenters. The van der Waals surface area contributed by atoms with Crippen LogP contribution in [0, 0.1) is 0 Å². The Balaban J connectivity index is 1.84. The van der Waals surface area contributed by atoms with Crippen LogP contribution < -0.4 is 5.32 Å². The van der Waals surface area contributed by atoms with Crippen molar-refractivity contribution >= 4 is 5.91 Å². The van der Waals surface area contributed by atoms with Crippen molar-refractivity contribution in [3.05, 3.63) is 35.4 Å². The summed E-state index contributed by atoms with van der Waals surface area (Å²) < 4.78 is 0.